The topological polar surface area (TPSA) is 42.4 Å². The summed E-state index contributed by atoms with van der Waals surface area (Å²) in [4.78, 5) is 6.83. The Labute approximate surface area is 146 Å². The number of rotatable bonds is 2. The van der Waals surface area contributed by atoms with Crippen LogP contribution in [0, 0.1) is 6.92 Å². The maximum Gasteiger partial charge on any atom is 0.212 e. The number of oxazole rings is 1. The van der Waals surface area contributed by atoms with Crippen molar-refractivity contribution in [3.63, 3.8) is 0 Å². The van der Waals surface area contributed by atoms with Crippen LogP contribution in [0.3, 0.4) is 0 Å². The van der Waals surface area contributed by atoms with Gasteiger partial charge < -0.3 is 8.83 Å². The highest BCUT2D eigenvalue weighted by Gasteiger charge is 2.27. The Morgan fingerprint density at radius 2 is 1.84 bits per heavy atom. The number of nitrogens with zero attached hydrogens (tertiary/aromatic N) is 2. The van der Waals surface area contributed by atoms with Crippen molar-refractivity contribution in [2.75, 3.05) is 13.6 Å². The Kier molecular flexibility index (Phi) is 3.22. The third kappa shape index (κ3) is 2.36. The number of furan rings is 1. The summed E-state index contributed by atoms with van der Waals surface area (Å²) in [7, 11) is 2.13. The van der Waals surface area contributed by atoms with Gasteiger partial charge in [0, 0.05) is 16.3 Å². The Bertz CT molecular complexity index is 1080. The van der Waals surface area contributed by atoms with Crippen molar-refractivity contribution < 1.29 is 8.83 Å². The van der Waals surface area contributed by atoms with E-state index in [0.29, 0.717) is 6.04 Å². The minimum absolute atomic E-state index is 0.298. The van der Waals surface area contributed by atoms with Gasteiger partial charge in [-0.3, -0.25) is 4.90 Å². The predicted molar refractivity (Wildman–Crippen MR) is 98.6 cm³/mol. The zero-order valence-corrected chi connectivity index (χ0v) is 14.5. The number of likely N-dealkylation sites (tertiary alicyclic amines) is 1. The highest BCUT2D eigenvalue weighted by Crippen LogP contribution is 2.35. The van der Waals surface area contributed by atoms with Crippen LogP contribution in [-0.4, -0.2) is 23.5 Å². The van der Waals surface area contributed by atoms with Gasteiger partial charge in [-0.15, -0.1) is 0 Å². The summed E-state index contributed by atoms with van der Waals surface area (Å²) < 4.78 is 12.1. The molecule has 4 nitrogen and oxygen atoms in total. The van der Waals surface area contributed by atoms with Crippen LogP contribution in [0.2, 0.25) is 0 Å². The first-order chi connectivity index (χ1) is 12.2. The van der Waals surface area contributed by atoms with Crippen molar-refractivity contribution in [2.24, 2.45) is 0 Å². The molecule has 0 saturated carbocycles. The molecule has 1 aliphatic heterocycles. The van der Waals surface area contributed by atoms with Crippen molar-refractivity contribution in [1.82, 2.24) is 9.88 Å². The summed E-state index contributed by atoms with van der Waals surface area (Å²) in [6, 6.07) is 12.9. The van der Waals surface area contributed by atoms with E-state index in [2.05, 4.69) is 54.2 Å². The van der Waals surface area contributed by atoms with Crippen LogP contribution in [0.1, 0.15) is 30.3 Å². The fraction of sp³-hybridized carbons (Fsp3) is 0.286. The van der Waals surface area contributed by atoms with Crippen LogP contribution in [0.15, 0.2) is 51.4 Å². The molecule has 5 rings (SSSR count). The van der Waals surface area contributed by atoms with Gasteiger partial charge in [-0.05, 0) is 57.1 Å². The summed E-state index contributed by atoms with van der Waals surface area (Å²) in [5.41, 5.74) is 4.02. The lowest BCUT2D eigenvalue weighted by molar-refractivity contribution is 0.269. The Morgan fingerprint density at radius 1 is 1.04 bits per heavy atom. The van der Waals surface area contributed by atoms with Crippen LogP contribution < -0.4 is 0 Å². The largest absolute Gasteiger partial charge is 0.456 e. The van der Waals surface area contributed by atoms with Crippen LogP contribution in [-0.2, 0) is 0 Å². The van der Waals surface area contributed by atoms with Gasteiger partial charge in [0.05, 0.1) is 12.2 Å². The average molecular weight is 332 g/mol. The molecule has 2 aromatic carbocycles. The zero-order valence-electron chi connectivity index (χ0n) is 14.5. The second-order valence-electron chi connectivity index (χ2n) is 7.01. The van der Waals surface area contributed by atoms with Crippen molar-refractivity contribution in [3.8, 4) is 11.3 Å². The van der Waals surface area contributed by atoms with E-state index < -0.39 is 0 Å². The number of fused-ring (bicyclic) bond motifs is 3. The average Bonchev–Trinajstić information content (AvgIpc) is 3.30. The summed E-state index contributed by atoms with van der Waals surface area (Å²) in [6.07, 6.45) is 4.14. The molecule has 0 bridgehead atoms. The SMILES string of the molecule is Cc1ccc2c(c1)oc1cc(-c3cnc(C4CCCN4C)o3)ccc12. The molecule has 0 radical (unpaired) electrons. The van der Waals surface area contributed by atoms with Crippen molar-refractivity contribution >= 4 is 21.9 Å². The molecule has 0 N–H and O–H groups in total. The zero-order chi connectivity index (χ0) is 17.0. The van der Waals surface area contributed by atoms with Gasteiger partial charge in [0.2, 0.25) is 5.89 Å². The maximum absolute atomic E-state index is 6.07. The molecule has 1 saturated heterocycles. The third-order valence-electron chi connectivity index (χ3n) is 5.24. The highest BCUT2D eigenvalue weighted by atomic mass is 16.4. The van der Waals surface area contributed by atoms with E-state index in [-0.39, 0.29) is 0 Å². The molecule has 0 spiro atoms. The van der Waals surface area contributed by atoms with Gasteiger partial charge in [-0.2, -0.15) is 0 Å². The van der Waals surface area contributed by atoms with Crippen molar-refractivity contribution in [3.05, 3.63) is 54.0 Å². The molecule has 3 heterocycles. The molecule has 0 aliphatic carbocycles. The lowest BCUT2D eigenvalue weighted by atomic mass is 10.1. The van der Waals surface area contributed by atoms with Crippen LogP contribution in [0.25, 0.3) is 33.3 Å². The van der Waals surface area contributed by atoms with E-state index in [9.17, 15) is 0 Å². The third-order valence-corrected chi connectivity index (χ3v) is 5.24. The smallest absolute Gasteiger partial charge is 0.212 e. The maximum atomic E-state index is 6.07. The number of aromatic nitrogens is 1. The molecular formula is C21H20N2O2. The highest BCUT2D eigenvalue weighted by molar-refractivity contribution is 6.05. The second kappa shape index (κ2) is 5.46. The monoisotopic (exact) mass is 332 g/mol. The molecule has 126 valence electrons. The normalized spacial score (nSPS) is 18.6. The Hall–Kier alpha value is -2.59. The van der Waals surface area contributed by atoms with E-state index in [4.69, 9.17) is 8.83 Å². The molecule has 1 aliphatic rings. The van der Waals surface area contributed by atoms with Gasteiger partial charge in [0.25, 0.3) is 0 Å². The molecule has 1 unspecified atom stereocenters. The lowest BCUT2D eigenvalue weighted by Gasteiger charge is -2.15. The van der Waals surface area contributed by atoms with E-state index in [1.807, 2.05) is 12.3 Å². The van der Waals surface area contributed by atoms with Crippen molar-refractivity contribution in [2.45, 2.75) is 25.8 Å². The number of hydrogen-bond acceptors (Lipinski definition) is 4. The first-order valence-electron chi connectivity index (χ1n) is 8.78. The summed E-state index contributed by atoms with van der Waals surface area (Å²) in [5.74, 6) is 1.61. The van der Waals surface area contributed by atoms with Gasteiger partial charge in [-0.25, -0.2) is 4.98 Å². The number of aryl methyl sites for hydroxylation is 1. The van der Waals surface area contributed by atoms with Crippen LogP contribution >= 0.6 is 0 Å². The van der Waals surface area contributed by atoms with Crippen LogP contribution in [0.5, 0.6) is 0 Å². The standard InChI is InChI=1S/C21H20N2O2/c1-13-5-7-15-16-8-6-14(11-19(16)24-18(15)10-13)20-12-22-21(25-20)17-4-3-9-23(17)2/h5-8,10-12,17H,3-4,9H2,1-2H3. The quantitative estimate of drug-likeness (QED) is 0.498. The second-order valence-corrected chi connectivity index (χ2v) is 7.01. The van der Waals surface area contributed by atoms with Crippen LogP contribution in [0.4, 0.5) is 0 Å². The minimum Gasteiger partial charge on any atom is -0.456 e. The molecule has 0 amide bonds. The van der Waals surface area contributed by atoms with E-state index in [1.165, 1.54) is 12.0 Å². The van der Waals surface area contributed by atoms with E-state index >= 15 is 0 Å². The Balaban J connectivity index is 1.57. The Morgan fingerprint density at radius 3 is 2.64 bits per heavy atom. The molecule has 4 aromatic rings. The van der Waals surface area contributed by atoms with E-state index in [1.54, 1.807) is 0 Å². The van der Waals surface area contributed by atoms with Crippen molar-refractivity contribution in [1.29, 1.82) is 0 Å². The number of hydrogen-bond donors (Lipinski definition) is 0. The molecule has 1 fully saturated rings. The van der Waals surface area contributed by atoms with Gasteiger partial charge in [0.15, 0.2) is 5.76 Å². The molecule has 4 heteroatoms. The van der Waals surface area contributed by atoms with Gasteiger partial charge >= 0.3 is 0 Å². The van der Waals surface area contributed by atoms with E-state index in [0.717, 1.165) is 52.1 Å². The summed E-state index contributed by atoms with van der Waals surface area (Å²) in [6.45, 7) is 3.18. The molecule has 25 heavy (non-hydrogen) atoms. The number of benzene rings is 2. The molecule has 2 aromatic heterocycles. The predicted octanol–water partition coefficient (Wildman–Crippen LogP) is 5.32. The first-order valence-corrected chi connectivity index (χ1v) is 8.78. The van der Waals surface area contributed by atoms with Gasteiger partial charge in [0.1, 0.15) is 11.2 Å². The summed E-state index contributed by atoms with van der Waals surface area (Å²) in [5, 5.41) is 2.28. The summed E-state index contributed by atoms with van der Waals surface area (Å²) >= 11 is 0. The molecular weight excluding hydrogens is 312 g/mol. The fourth-order valence-electron chi connectivity index (χ4n) is 3.83. The first kappa shape index (κ1) is 14.7. The fourth-order valence-corrected chi connectivity index (χ4v) is 3.83. The molecule has 1 atom stereocenters. The minimum atomic E-state index is 0.298. The lowest BCUT2D eigenvalue weighted by Crippen LogP contribution is -2.17. The van der Waals surface area contributed by atoms with Gasteiger partial charge in [-0.1, -0.05) is 18.2 Å².